The van der Waals surface area contributed by atoms with Crippen molar-refractivity contribution in [2.45, 2.75) is 27.3 Å². The molecule has 0 unspecified atom stereocenters. The van der Waals surface area contributed by atoms with Crippen LogP contribution < -0.4 is 5.32 Å². The summed E-state index contributed by atoms with van der Waals surface area (Å²) in [6.45, 7) is 7.26. The molecule has 0 saturated carbocycles. The highest BCUT2D eigenvalue weighted by Gasteiger charge is 2.03. The van der Waals surface area contributed by atoms with E-state index in [9.17, 15) is 0 Å². The van der Waals surface area contributed by atoms with E-state index in [4.69, 9.17) is 11.6 Å². The van der Waals surface area contributed by atoms with E-state index < -0.39 is 0 Å². The van der Waals surface area contributed by atoms with E-state index in [1.54, 1.807) is 0 Å². The molecular formula is C16H17BrClN. The Morgan fingerprint density at radius 3 is 2.37 bits per heavy atom. The van der Waals surface area contributed by atoms with E-state index in [1.807, 2.05) is 18.2 Å². The molecule has 0 bridgehead atoms. The average molecular weight is 339 g/mol. The van der Waals surface area contributed by atoms with Gasteiger partial charge in [0.2, 0.25) is 0 Å². The highest BCUT2D eigenvalue weighted by Crippen LogP contribution is 2.26. The van der Waals surface area contributed by atoms with Crippen molar-refractivity contribution >= 4 is 33.2 Å². The summed E-state index contributed by atoms with van der Waals surface area (Å²) in [5.41, 5.74) is 6.34. The fourth-order valence-corrected chi connectivity index (χ4v) is 2.44. The first-order chi connectivity index (χ1) is 8.97. The molecular weight excluding hydrogens is 322 g/mol. The quantitative estimate of drug-likeness (QED) is 0.763. The molecule has 0 aliphatic rings. The summed E-state index contributed by atoms with van der Waals surface area (Å²) >= 11 is 9.48. The molecule has 3 heteroatoms. The monoisotopic (exact) mass is 337 g/mol. The molecule has 100 valence electrons. The molecule has 2 aromatic rings. The minimum atomic E-state index is 0.724. The van der Waals surface area contributed by atoms with Crippen molar-refractivity contribution in [1.82, 2.24) is 0 Å². The normalized spacial score (nSPS) is 10.6. The third-order valence-electron chi connectivity index (χ3n) is 3.35. The van der Waals surface area contributed by atoms with Crippen LogP contribution in [-0.4, -0.2) is 0 Å². The van der Waals surface area contributed by atoms with Crippen molar-refractivity contribution in [2.75, 3.05) is 5.32 Å². The Kier molecular flexibility index (Phi) is 4.54. The van der Waals surface area contributed by atoms with Gasteiger partial charge in [-0.05, 0) is 77.2 Å². The zero-order valence-corrected chi connectivity index (χ0v) is 13.7. The summed E-state index contributed by atoms with van der Waals surface area (Å²) in [6, 6.07) is 10.4. The van der Waals surface area contributed by atoms with Crippen LogP contribution in [0.5, 0.6) is 0 Å². The number of hydrogen-bond donors (Lipinski definition) is 1. The molecule has 1 N–H and O–H groups in total. The van der Waals surface area contributed by atoms with Crippen LogP contribution in [0.15, 0.2) is 34.8 Å². The Balaban J connectivity index is 2.14. The molecule has 0 spiro atoms. The molecule has 2 aromatic carbocycles. The van der Waals surface area contributed by atoms with Gasteiger partial charge in [0.05, 0.1) is 5.02 Å². The Bertz CT molecular complexity index is 608. The standard InChI is InChI=1S/C16H17BrClN/c1-10-6-12(3)13(7-11(10)2)9-19-14-4-5-15(17)16(18)8-14/h4-8,19H,9H2,1-3H3. The fraction of sp³-hybridized carbons (Fsp3) is 0.250. The molecule has 19 heavy (non-hydrogen) atoms. The van der Waals surface area contributed by atoms with Gasteiger partial charge < -0.3 is 5.32 Å². The van der Waals surface area contributed by atoms with Crippen LogP contribution in [0.25, 0.3) is 0 Å². The minimum Gasteiger partial charge on any atom is -0.381 e. The second-order valence-electron chi connectivity index (χ2n) is 4.85. The lowest BCUT2D eigenvalue weighted by Crippen LogP contribution is -2.02. The van der Waals surface area contributed by atoms with E-state index in [2.05, 4.69) is 54.2 Å². The van der Waals surface area contributed by atoms with Gasteiger partial charge in [-0.2, -0.15) is 0 Å². The Morgan fingerprint density at radius 2 is 1.68 bits per heavy atom. The third-order valence-corrected chi connectivity index (χ3v) is 4.59. The van der Waals surface area contributed by atoms with Crippen LogP contribution in [0.2, 0.25) is 5.02 Å². The van der Waals surface area contributed by atoms with E-state index in [0.29, 0.717) is 0 Å². The van der Waals surface area contributed by atoms with Gasteiger partial charge in [-0.3, -0.25) is 0 Å². The first-order valence-corrected chi connectivity index (χ1v) is 7.40. The van der Waals surface area contributed by atoms with Crippen molar-refractivity contribution in [3.8, 4) is 0 Å². The van der Waals surface area contributed by atoms with Crippen LogP contribution in [0.1, 0.15) is 22.3 Å². The van der Waals surface area contributed by atoms with Crippen molar-refractivity contribution < 1.29 is 0 Å². The van der Waals surface area contributed by atoms with E-state index >= 15 is 0 Å². The number of anilines is 1. The number of rotatable bonds is 3. The van der Waals surface area contributed by atoms with Gasteiger partial charge in [-0.25, -0.2) is 0 Å². The molecule has 0 aliphatic heterocycles. The van der Waals surface area contributed by atoms with Crippen LogP contribution in [0, 0.1) is 20.8 Å². The lowest BCUT2D eigenvalue weighted by molar-refractivity contribution is 1.10. The third kappa shape index (κ3) is 3.52. The van der Waals surface area contributed by atoms with Crippen LogP contribution in [-0.2, 0) is 6.54 Å². The lowest BCUT2D eigenvalue weighted by Gasteiger charge is -2.12. The number of aryl methyl sites for hydroxylation is 3. The van der Waals surface area contributed by atoms with Crippen molar-refractivity contribution in [2.24, 2.45) is 0 Å². The summed E-state index contributed by atoms with van der Waals surface area (Å²) in [5, 5.41) is 4.14. The van der Waals surface area contributed by atoms with Crippen LogP contribution in [0.3, 0.4) is 0 Å². The molecule has 0 saturated heterocycles. The molecule has 0 amide bonds. The predicted molar refractivity (Wildman–Crippen MR) is 87.1 cm³/mol. The fourth-order valence-electron chi connectivity index (χ4n) is 2.01. The molecule has 1 nitrogen and oxygen atoms in total. The van der Waals surface area contributed by atoms with E-state index in [1.165, 1.54) is 22.3 Å². The molecule has 0 aliphatic carbocycles. The Labute approximate surface area is 128 Å². The molecule has 2 rings (SSSR count). The summed E-state index contributed by atoms with van der Waals surface area (Å²) in [4.78, 5) is 0. The number of nitrogens with one attached hydrogen (secondary N) is 1. The largest absolute Gasteiger partial charge is 0.381 e. The van der Waals surface area contributed by atoms with Crippen molar-refractivity contribution in [1.29, 1.82) is 0 Å². The van der Waals surface area contributed by atoms with Gasteiger partial charge in [0, 0.05) is 16.7 Å². The maximum absolute atomic E-state index is 6.09. The number of halogens is 2. The Morgan fingerprint density at radius 1 is 1.00 bits per heavy atom. The second-order valence-corrected chi connectivity index (χ2v) is 6.11. The van der Waals surface area contributed by atoms with Crippen molar-refractivity contribution in [3.05, 3.63) is 62.1 Å². The predicted octanol–water partition coefficient (Wildman–Crippen LogP) is 5.64. The molecule has 0 heterocycles. The topological polar surface area (TPSA) is 12.0 Å². The summed E-state index contributed by atoms with van der Waals surface area (Å²) in [6.07, 6.45) is 0. The number of benzene rings is 2. The summed E-state index contributed by atoms with van der Waals surface area (Å²) < 4.78 is 0.919. The number of hydrogen-bond acceptors (Lipinski definition) is 1. The van der Waals surface area contributed by atoms with E-state index in [-0.39, 0.29) is 0 Å². The molecule has 0 atom stereocenters. The van der Waals surface area contributed by atoms with Gasteiger partial charge in [-0.15, -0.1) is 0 Å². The maximum Gasteiger partial charge on any atom is 0.0568 e. The Hall–Kier alpha value is -0.990. The van der Waals surface area contributed by atoms with Gasteiger partial charge in [0.1, 0.15) is 0 Å². The molecule has 0 aromatic heterocycles. The zero-order chi connectivity index (χ0) is 14.0. The van der Waals surface area contributed by atoms with E-state index in [0.717, 1.165) is 21.7 Å². The van der Waals surface area contributed by atoms with Crippen LogP contribution >= 0.6 is 27.5 Å². The van der Waals surface area contributed by atoms with Crippen molar-refractivity contribution in [3.63, 3.8) is 0 Å². The minimum absolute atomic E-state index is 0.724. The maximum atomic E-state index is 6.09. The summed E-state index contributed by atoms with van der Waals surface area (Å²) in [5.74, 6) is 0. The van der Waals surface area contributed by atoms with Gasteiger partial charge in [0.15, 0.2) is 0 Å². The lowest BCUT2D eigenvalue weighted by atomic mass is 10.0. The highest BCUT2D eigenvalue weighted by atomic mass is 79.9. The smallest absolute Gasteiger partial charge is 0.0568 e. The summed E-state index contributed by atoms with van der Waals surface area (Å²) in [7, 11) is 0. The molecule has 0 radical (unpaired) electrons. The molecule has 0 fully saturated rings. The van der Waals surface area contributed by atoms with Gasteiger partial charge in [-0.1, -0.05) is 23.7 Å². The first kappa shape index (κ1) is 14.4. The highest BCUT2D eigenvalue weighted by molar-refractivity contribution is 9.10. The zero-order valence-electron chi connectivity index (χ0n) is 11.3. The van der Waals surface area contributed by atoms with Gasteiger partial charge in [0.25, 0.3) is 0 Å². The van der Waals surface area contributed by atoms with Gasteiger partial charge >= 0.3 is 0 Å². The second kappa shape index (κ2) is 5.98. The first-order valence-electron chi connectivity index (χ1n) is 6.23. The van der Waals surface area contributed by atoms with Crippen LogP contribution in [0.4, 0.5) is 5.69 Å². The average Bonchev–Trinajstić information content (AvgIpc) is 2.36. The SMILES string of the molecule is Cc1cc(C)c(CNc2ccc(Br)c(Cl)c2)cc1C.